The van der Waals surface area contributed by atoms with E-state index in [4.69, 9.17) is 28.7 Å². The lowest BCUT2D eigenvalue weighted by atomic mass is 9.90. The van der Waals surface area contributed by atoms with Crippen LogP contribution in [0.15, 0.2) is 65.5 Å². The number of hydrogen-bond donors (Lipinski definition) is 2. The molecule has 0 spiro atoms. The molecule has 324 valence electrons. The van der Waals surface area contributed by atoms with Crippen molar-refractivity contribution in [2.45, 2.75) is 116 Å². The Hall–Kier alpha value is -4.47. The number of amides is 2. The van der Waals surface area contributed by atoms with Crippen LogP contribution < -0.4 is 5.90 Å². The van der Waals surface area contributed by atoms with Gasteiger partial charge in [-0.2, -0.15) is 0 Å². The number of allylic oxidation sites excluding steroid dienone is 1. The van der Waals surface area contributed by atoms with Crippen LogP contribution in [-0.2, 0) is 31.8 Å². The second-order valence-electron chi connectivity index (χ2n) is 17.2. The number of carbonyl (C=O) groups excluding carboxylic acids is 3. The third-order valence-corrected chi connectivity index (χ3v) is 10.3. The predicted octanol–water partition coefficient (Wildman–Crippen LogP) is 8.07. The molecule has 1 aromatic heterocycles. The zero-order valence-corrected chi connectivity index (χ0v) is 36.5. The van der Waals surface area contributed by atoms with Crippen molar-refractivity contribution in [3.8, 4) is 11.3 Å². The molecule has 2 fully saturated rings. The average Bonchev–Trinajstić information content (AvgIpc) is 3.99. The lowest BCUT2D eigenvalue weighted by Crippen LogP contribution is -2.44. The first kappa shape index (κ1) is 47.2. The number of likely N-dealkylation sites (tertiary alicyclic amines) is 2. The lowest BCUT2D eigenvalue weighted by molar-refractivity contribution is -0.0267. The molecule has 0 aliphatic carbocycles. The Bertz CT molecular complexity index is 1890. The number of nitrogens with two attached hydrogens (primary N) is 1. The zero-order valence-electron chi connectivity index (χ0n) is 35.6. The van der Waals surface area contributed by atoms with Gasteiger partial charge in [-0.05, 0) is 114 Å². The number of carbonyl (C=O) groups is 3. The Morgan fingerprint density at radius 3 is 1.78 bits per heavy atom. The predicted molar refractivity (Wildman–Crippen MR) is 225 cm³/mol. The van der Waals surface area contributed by atoms with E-state index in [1.807, 2.05) is 101 Å². The van der Waals surface area contributed by atoms with Gasteiger partial charge in [-0.25, -0.2) is 15.5 Å². The van der Waals surface area contributed by atoms with Crippen LogP contribution in [0.3, 0.4) is 0 Å². The van der Waals surface area contributed by atoms with Gasteiger partial charge < -0.3 is 43.4 Å². The summed E-state index contributed by atoms with van der Waals surface area (Å²) in [4.78, 5) is 43.3. The summed E-state index contributed by atoms with van der Waals surface area (Å²) in [5.74, 6) is 4.25. The number of ether oxygens (including phenoxy) is 4. The van der Waals surface area contributed by atoms with E-state index in [1.54, 1.807) is 18.5 Å². The molecule has 2 amide bonds. The van der Waals surface area contributed by atoms with Crippen LogP contribution in [0.5, 0.6) is 0 Å². The molecular formula is C44H62ClN5O9. The molecule has 3 aromatic rings. The van der Waals surface area contributed by atoms with Gasteiger partial charge >= 0.3 is 12.2 Å². The summed E-state index contributed by atoms with van der Waals surface area (Å²) in [5.41, 5.74) is 5.28. The number of rotatable bonds is 6. The minimum absolute atomic E-state index is 0. The number of hydrogen-bond acceptors (Lipinski definition) is 12. The van der Waals surface area contributed by atoms with Gasteiger partial charge in [-0.1, -0.05) is 29.4 Å². The van der Waals surface area contributed by atoms with Crippen molar-refractivity contribution in [2.75, 3.05) is 40.4 Å². The first-order valence-corrected chi connectivity index (χ1v) is 20.1. The Balaban J connectivity index is 0.000000247. The van der Waals surface area contributed by atoms with Gasteiger partial charge in [0.15, 0.2) is 11.5 Å². The third-order valence-electron chi connectivity index (χ3n) is 10.3. The summed E-state index contributed by atoms with van der Waals surface area (Å²) in [6.45, 7) is 14.0. The number of aromatic nitrogens is 1. The molecular weight excluding hydrogens is 778 g/mol. The maximum atomic E-state index is 12.7. The highest BCUT2D eigenvalue weighted by atomic mass is 35.5. The average molecular weight is 840 g/mol. The van der Waals surface area contributed by atoms with E-state index in [0.717, 1.165) is 66.5 Å². The standard InChI is InChI=1S/C23H32N2O4.C21H26N2O4.ClH.H3NO/c1-23(2,3)29-22(27)25-12-6-7-19(25)21-18-9-8-17(15-16(18)11-14-28-21)20(26)10-13-24(4)5;1-21(2,3)26-20(24)23-11-4-5-17(23)19-16-7-6-15(18-8-10-22-27-18)13-14(16)9-12-25-19;;1-2/h8-10,13,15,19,21H,6-7,11-12,14H2,1-5H3;6-8,10,13,17,19H,4-5,9,11-12H2,1-3H3;1H;2H,1H2/b13-10+;;;/t19-,21-;17-,19-;;/m00../s1. The maximum absolute atomic E-state index is 12.7. The van der Waals surface area contributed by atoms with Crippen LogP contribution in [0.2, 0.25) is 0 Å². The van der Waals surface area contributed by atoms with E-state index in [9.17, 15) is 14.4 Å². The summed E-state index contributed by atoms with van der Waals surface area (Å²) in [5, 5.41) is 10.3. The minimum atomic E-state index is -0.523. The molecule has 14 nitrogen and oxygen atoms in total. The zero-order chi connectivity index (χ0) is 42.2. The molecule has 0 saturated carbocycles. The van der Waals surface area contributed by atoms with E-state index in [0.29, 0.717) is 31.9 Å². The van der Waals surface area contributed by atoms with Crippen LogP contribution in [0.1, 0.15) is 112 Å². The van der Waals surface area contributed by atoms with Crippen LogP contribution in [0.25, 0.3) is 11.3 Å². The largest absolute Gasteiger partial charge is 0.444 e. The fourth-order valence-corrected chi connectivity index (χ4v) is 7.90. The van der Waals surface area contributed by atoms with Crippen LogP contribution >= 0.6 is 12.4 Å². The summed E-state index contributed by atoms with van der Waals surface area (Å²) in [6, 6.07) is 13.9. The van der Waals surface area contributed by atoms with E-state index in [2.05, 4.69) is 23.2 Å². The van der Waals surface area contributed by atoms with Crippen molar-refractivity contribution in [3.63, 3.8) is 0 Å². The first-order valence-electron chi connectivity index (χ1n) is 20.1. The molecule has 0 unspecified atom stereocenters. The minimum Gasteiger partial charge on any atom is -0.444 e. The second kappa shape index (κ2) is 20.7. The van der Waals surface area contributed by atoms with Crippen molar-refractivity contribution < 1.29 is 43.1 Å². The highest BCUT2D eigenvalue weighted by Gasteiger charge is 2.41. The van der Waals surface area contributed by atoms with Crippen LogP contribution in [0, 0.1) is 0 Å². The van der Waals surface area contributed by atoms with Crippen molar-refractivity contribution in [3.05, 3.63) is 88.8 Å². The third kappa shape index (κ3) is 12.3. The molecule has 4 aliphatic heterocycles. The van der Waals surface area contributed by atoms with Gasteiger partial charge in [-0.3, -0.25) is 4.79 Å². The molecule has 5 heterocycles. The molecule has 0 bridgehead atoms. The lowest BCUT2D eigenvalue weighted by Gasteiger charge is -2.36. The van der Waals surface area contributed by atoms with E-state index < -0.39 is 11.2 Å². The molecule has 2 aromatic carbocycles. The normalized spacial score (nSPS) is 21.2. The highest BCUT2D eigenvalue weighted by Crippen LogP contribution is 2.40. The summed E-state index contributed by atoms with van der Waals surface area (Å²) >= 11 is 0. The molecule has 15 heteroatoms. The van der Waals surface area contributed by atoms with Gasteiger partial charge in [0.25, 0.3) is 0 Å². The van der Waals surface area contributed by atoms with Crippen LogP contribution in [-0.4, -0.2) is 107 Å². The van der Waals surface area contributed by atoms with Crippen molar-refractivity contribution in [1.82, 2.24) is 19.9 Å². The molecule has 3 N–H and O–H groups in total. The van der Waals surface area contributed by atoms with Crippen molar-refractivity contribution in [2.24, 2.45) is 5.90 Å². The fourth-order valence-electron chi connectivity index (χ4n) is 7.90. The van der Waals surface area contributed by atoms with Gasteiger partial charge in [0.2, 0.25) is 0 Å². The SMILES string of the molecule is CC(C)(C)OC(=O)N1CCC[C@H]1[C@H]1OCCc2cc(-c3ccno3)ccc21.CN(C)/C=C/C(=O)c1ccc2c(c1)CCO[C@@H]2[C@@H]1CCCN1C(=O)OC(C)(C)C.Cl.NO. The second-order valence-corrected chi connectivity index (χ2v) is 17.2. The number of nitrogens with zero attached hydrogens (tertiary/aromatic N) is 4. The maximum Gasteiger partial charge on any atom is 0.410 e. The van der Waals surface area contributed by atoms with E-state index >= 15 is 0 Å². The number of ketones is 1. The van der Waals surface area contributed by atoms with Crippen molar-refractivity contribution >= 4 is 30.4 Å². The molecule has 0 radical (unpaired) electrons. The highest BCUT2D eigenvalue weighted by molar-refractivity contribution is 6.04. The van der Waals surface area contributed by atoms with Crippen molar-refractivity contribution in [1.29, 1.82) is 0 Å². The monoisotopic (exact) mass is 839 g/mol. The summed E-state index contributed by atoms with van der Waals surface area (Å²) in [6.07, 6.45) is 9.49. The Morgan fingerprint density at radius 1 is 0.797 bits per heavy atom. The van der Waals surface area contributed by atoms with Crippen LogP contribution in [0.4, 0.5) is 9.59 Å². The van der Waals surface area contributed by atoms with Gasteiger partial charge in [-0.15, -0.1) is 12.4 Å². The Labute approximate surface area is 354 Å². The van der Waals surface area contributed by atoms with Gasteiger partial charge in [0.1, 0.15) is 23.4 Å². The number of benzene rings is 2. The fraction of sp³-hybridized carbons (Fsp3) is 0.545. The smallest absolute Gasteiger partial charge is 0.410 e. The quantitative estimate of drug-likeness (QED) is 0.139. The molecule has 4 atom stereocenters. The van der Waals surface area contributed by atoms with E-state index in [1.165, 1.54) is 5.56 Å². The molecule has 7 rings (SSSR count). The van der Waals surface area contributed by atoms with Gasteiger partial charge in [0, 0.05) is 56.7 Å². The molecule has 4 aliphatic rings. The first-order chi connectivity index (χ1) is 27.6. The Morgan fingerprint density at radius 2 is 1.31 bits per heavy atom. The topological polar surface area (TPSA) is 170 Å². The summed E-state index contributed by atoms with van der Waals surface area (Å²) in [7, 11) is 3.77. The number of halogens is 1. The number of fused-ring (bicyclic) bond motifs is 2. The van der Waals surface area contributed by atoms with Gasteiger partial charge in [0.05, 0.1) is 31.5 Å². The summed E-state index contributed by atoms with van der Waals surface area (Å²) < 4.78 is 28.8. The van der Waals surface area contributed by atoms with E-state index in [-0.39, 0.29) is 54.7 Å². The Kier molecular flexibility index (Phi) is 16.5. The molecule has 2 saturated heterocycles. The molecule has 59 heavy (non-hydrogen) atoms.